The minimum Gasteiger partial charge on any atom is -0.495 e. The third kappa shape index (κ3) is 2.47. The number of aryl methyl sites for hydroxylation is 1. The summed E-state index contributed by atoms with van der Waals surface area (Å²) in [5.41, 5.74) is 2.19. The Bertz CT molecular complexity index is 618. The second kappa shape index (κ2) is 5.38. The summed E-state index contributed by atoms with van der Waals surface area (Å²) in [5.74, 6) is 0.736. The number of hydrogen-bond acceptors (Lipinski definition) is 5. The topological polar surface area (TPSA) is 57.9 Å². The van der Waals surface area contributed by atoms with Gasteiger partial charge in [0.05, 0.1) is 17.3 Å². The number of aromatic nitrogens is 1. The van der Waals surface area contributed by atoms with Crippen LogP contribution in [-0.4, -0.2) is 11.5 Å². The Morgan fingerprint density at radius 1 is 1.50 bits per heavy atom. The number of benzene rings is 1. The van der Waals surface area contributed by atoms with Crippen molar-refractivity contribution in [3.05, 3.63) is 33.9 Å². The van der Waals surface area contributed by atoms with Gasteiger partial charge >= 0.3 is 0 Å². The highest BCUT2D eigenvalue weighted by Gasteiger charge is 2.10. The van der Waals surface area contributed by atoms with Crippen molar-refractivity contribution in [2.75, 3.05) is 12.4 Å². The van der Waals surface area contributed by atoms with Gasteiger partial charge in [0.25, 0.3) is 0 Å². The Hall–Kier alpha value is -1.58. The molecule has 4 nitrogen and oxygen atoms in total. The van der Waals surface area contributed by atoms with Gasteiger partial charge < -0.3 is 10.1 Å². The number of halogens is 1. The summed E-state index contributed by atoms with van der Waals surface area (Å²) in [6.07, 6.45) is 0. The van der Waals surface area contributed by atoms with E-state index in [-0.39, 0.29) is 0 Å². The van der Waals surface area contributed by atoms with Crippen molar-refractivity contribution < 1.29 is 4.74 Å². The van der Waals surface area contributed by atoms with Crippen LogP contribution in [-0.2, 0) is 0 Å². The fourth-order valence-corrected chi connectivity index (χ4v) is 2.63. The van der Waals surface area contributed by atoms with Crippen LogP contribution in [0.15, 0.2) is 22.7 Å². The smallest absolute Gasteiger partial charge is 0.135 e. The minimum atomic E-state index is 0.585. The van der Waals surface area contributed by atoms with Gasteiger partial charge in [0.2, 0.25) is 0 Å². The van der Waals surface area contributed by atoms with Gasteiger partial charge in [-0.05, 0) is 46.5 Å². The van der Waals surface area contributed by atoms with Crippen LogP contribution in [0.3, 0.4) is 0 Å². The fraction of sp³-hybridized carbons (Fsp3) is 0.167. The number of nitrogens with zero attached hydrogens (tertiary/aromatic N) is 2. The molecule has 1 aromatic heterocycles. The minimum absolute atomic E-state index is 0.585. The number of rotatable bonds is 3. The lowest BCUT2D eigenvalue weighted by Gasteiger charge is -2.07. The number of ether oxygens (including phenoxy) is 1. The molecule has 0 radical (unpaired) electrons. The Kier molecular flexibility index (Phi) is 3.84. The quantitative estimate of drug-likeness (QED) is 0.932. The highest BCUT2D eigenvalue weighted by molar-refractivity contribution is 9.10. The van der Waals surface area contributed by atoms with Gasteiger partial charge in [-0.1, -0.05) is 0 Å². The molecule has 1 heterocycles. The number of methoxy groups -OCH3 is 1. The molecule has 1 aromatic carbocycles. The third-order valence-electron chi connectivity index (χ3n) is 2.38. The zero-order valence-electron chi connectivity index (χ0n) is 9.82. The van der Waals surface area contributed by atoms with Crippen LogP contribution >= 0.6 is 27.5 Å². The third-order valence-corrected chi connectivity index (χ3v) is 3.89. The van der Waals surface area contributed by atoms with E-state index in [1.54, 1.807) is 7.11 Å². The SMILES string of the molecule is COc1cc(Nc2snc(C)c2C#N)ccc1Br. The van der Waals surface area contributed by atoms with E-state index in [4.69, 9.17) is 10.00 Å². The van der Waals surface area contributed by atoms with Crippen LogP contribution in [0.2, 0.25) is 0 Å². The zero-order valence-corrected chi connectivity index (χ0v) is 12.2. The van der Waals surface area contributed by atoms with Crippen LogP contribution < -0.4 is 10.1 Å². The molecule has 0 aliphatic rings. The molecule has 1 N–H and O–H groups in total. The molecule has 2 aromatic rings. The molecule has 18 heavy (non-hydrogen) atoms. The summed E-state index contributed by atoms with van der Waals surface area (Å²) in [6.45, 7) is 1.82. The molecular weight excluding hydrogens is 314 g/mol. The number of hydrogen-bond donors (Lipinski definition) is 1. The lowest BCUT2D eigenvalue weighted by molar-refractivity contribution is 0.412. The molecule has 0 amide bonds. The maximum absolute atomic E-state index is 9.06. The van der Waals surface area contributed by atoms with Gasteiger partial charge in [0.15, 0.2) is 0 Å². The summed E-state index contributed by atoms with van der Waals surface area (Å²) in [7, 11) is 1.61. The van der Waals surface area contributed by atoms with E-state index < -0.39 is 0 Å². The normalized spacial score (nSPS) is 9.89. The van der Waals surface area contributed by atoms with Crippen LogP contribution in [0, 0.1) is 18.3 Å². The van der Waals surface area contributed by atoms with E-state index in [2.05, 4.69) is 31.7 Å². The van der Waals surface area contributed by atoms with E-state index in [1.165, 1.54) is 11.5 Å². The van der Waals surface area contributed by atoms with E-state index in [9.17, 15) is 0 Å². The van der Waals surface area contributed by atoms with Crippen molar-refractivity contribution in [2.45, 2.75) is 6.92 Å². The monoisotopic (exact) mass is 323 g/mol. The van der Waals surface area contributed by atoms with E-state index in [0.717, 1.165) is 26.6 Å². The van der Waals surface area contributed by atoms with Crippen LogP contribution in [0.25, 0.3) is 0 Å². The van der Waals surface area contributed by atoms with Crippen molar-refractivity contribution in [1.82, 2.24) is 4.37 Å². The van der Waals surface area contributed by atoms with Crippen molar-refractivity contribution in [1.29, 1.82) is 5.26 Å². The average molecular weight is 324 g/mol. The molecule has 0 aliphatic carbocycles. The summed E-state index contributed by atoms with van der Waals surface area (Å²) in [6, 6.07) is 7.81. The first-order chi connectivity index (χ1) is 8.65. The lowest BCUT2D eigenvalue weighted by Crippen LogP contribution is -1.92. The van der Waals surface area contributed by atoms with Crippen molar-refractivity contribution in [2.24, 2.45) is 0 Å². The first-order valence-corrected chi connectivity index (χ1v) is 6.69. The number of nitriles is 1. The Balaban J connectivity index is 2.32. The summed E-state index contributed by atoms with van der Waals surface area (Å²) < 4.78 is 10.3. The molecule has 0 saturated carbocycles. The second-order valence-electron chi connectivity index (χ2n) is 3.56. The average Bonchev–Trinajstić information content (AvgIpc) is 2.72. The van der Waals surface area contributed by atoms with Gasteiger partial charge in [0, 0.05) is 11.8 Å². The Morgan fingerprint density at radius 2 is 2.28 bits per heavy atom. The van der Waals surface area contributed by atoms with E-state index >= 15 is 0 Å². The fourth-order valence-electron chi connectivity index (χ4n) is 1.46. The molecule has 0 bridgehead atoms. The maximum atomic E-state index is 9.06. The zero-order chi connectivity index (χ0) is 13.1. The van der Waals surface area contributed by atoms with Crippen LogP contribution in [0.4, 0.5) is 10.7 Å². The maximum Gasteiger partial charge on any atom is 0.135 e. The molecule has 6 heteroatoms. The van der Waals surface area contributed by atoms with E-state index in [0.29, 0.717) is 5.56 Å². The lowest BCUT2D eigenvalue weighted by atomic mass is 10.2. The first kappa shape index (κ1) is 12.9. The van der Waals surface area contributed by atoms with E-state index in [1.807, 2.05) is 25.1 Å². The summed E-state index contributed by atoms with van der Waals surface area (Å²) >= 11 is 4.67. The first-order valence-electron chi connectivity index (χ1n) is 5.12. The molecular formula is C12H10BrN3OS. The molecule has 0 atom stereocenters. The number of nitrogens with one attached hydrogen (secondary N) is 1. The molecule has 2 rings (SSSR count). The van der Waals surface area contributed by atoms with Gasteiger partial charge in [-0.15, -0.1) is 0 Å². The molecule has 0 unspecified atom stereocenters. The van der Waals surface area contributed by atoms with Gasteiger partial charge in [-0.25, -0.2) is 0 Å². The van der Waals surface area contributed by atoms with Gasteiger partial charge in [0.1, 0.15) is 22.4 Å². The Morgan fingerprint density at radius 3 is 2.94 bits per heavy atom. The predicted octanol–water partition coefficient (Wildman–Crippen LogP) is 3.84. The molecule has 0 spiro atoms. The Labute approximate surface area is 118 Å². The highest BCUT2D eigenvalue weighted by atomic mass is 79.9. The summed E-state index contributed by atoms with van der Waals surface area (Å²) in [4.78, 5) is 0. The molecule has 92 valence electrons. The van der Waals surface area contributed by atoms with Crippen molar-refractivity contribution >= 4 is 38.2 Å². The van der Waals surface area contributed by atoms with Crippen LogP contribution in [0.5, 0.6) is 5.75 Å². The van der Waals surface area contributed by atoms with Crippen LogP contribution in [0.1, 0.15) is 11.3 Å². The standard InChI is InChI=1S/C12H10BrN3OS/c1-7-9(6-14)12(18-16-7)15-8-3-4-10(13)11(5-8)17-2/h3-5,15H,1-2H3. The number of anilines is 2. The molecule has 0 saturated heterocycles. The van der Waals surface area contributed by atoms with Gasteiger partial charge in [-0.3, -0.25) is 0 Å². The predicted molar refractivity (Wildman–Crippen MR) is 75.5 cm³/mol. The highest BCUT2D eigenvalue weighted by Crippen LogP contribution is 2.32. The largest absolute Gasteiger partial charge is 0.495 e. The molecule has 0 aliphatic heterocycles. The van der Waals surface area contributed by atoms with Gasteiger partial charge in [-0.2, -0.15) is 9.64 Å². The second-order valence-corrected chi connectivity index (χ2v) is 5.19. The van der Waals surface area contributed by atoms with Crippen molar-refractivity contribution in [3.63, 3.8) is 0 Å². The summed E-state index contributed by atoms with van der Waals surface area (Å²) in [5, 5.41) is 13.0. The molecule has 0 fully saturated rings. The van der Waals surface area contributed by atoms with Crippen molar-refractivity contribution in [3.8, 4) is 11.8 Å².